The Morgan fingerprint density at radius 2 is 1.71 bits per heavy atom. The van der Waals surface area contributed by atoms with Crippen LogP contribution < -0.4 is 14.4 Å². The number of benzene rings is 2. The molecule has 1 fully saturated rings. The molecule has 0 radical (unpaired) electrons. The number of ether oxygens (including phenoxy) is 1. The molecule has 35 heavy (non-hydrogen) atoms. The highest BCUT2D eigenvalue weighted by Crippen LogP contribution is 2.34. The number of carbonyl (C=O) groups is 2. The van der Waals surface area contributed by atoms with E-state index in [-0.39, 0.29) is 16.5 Å². The molecule has 1 aliphatic heterocycles. The number of imide groups is 1. The fraction of sp³-hybridized carbons (Fsp3) is 0.231. The van der Waals surface area contributed by atoms with Crippen LogP contribution in [-0.2, 0) is 4.79 Å². The molecular formula is C26H23ClN4O4. The Kier molecular flexibility index (Phi) is 6.63. The average molecular weight is 491 g/mol. The molecule has 9 heteroatoms. The average Bonchev–Trinajstić information content (AvgIpc) is 3.01. The van der Waals surface area contributed by atoms with E-state index in [1.165, 1.54) is 29.4 Å². The Labute approximate surface area is 208 Å². The molecule has 0 N–H and O–H groups in total. The minimum Gasteiger partial charge on any atom is -0.619 e. The van der Waals surface area contributed by atoms with Crippen molar-refractivity contribution in [1.82, 2.24) is 4.90 Å². The van der Waals surface area contributed by atoms with Crippen LogP contribution in [0.5, 0.6) is 5.75 Å². The summed E-state index contributed by atoms with van der Waals surface area (Å²) in [6.07, 6.45) is 3.42. The summed E-state index contributed by atoms with van der Waals surface area (Å²) in [6, 6.07) is 17.0. The van der Waals surface area contributed by atoms with Crippen molar-refractivity contribution in [2.24, 2.45) is 0 Å². The lowest BCUT2D eigenvalue weighted by molar-refractivity contribution is -0.605. The highest BCUT2D eigenvalue weighted by molar-refractivity contribution is 6.32. The van der Waals surface area contributed by atoms with Crippen molar-refractivity contribution in [2.45, 2.75) is 25.8 Å². The van der Waals surface area contributed by atoms with Gasteiger partial charge in [-0.05, 0) is 61.7 Å². The van der Waals surface area contributed by atoms with Crippen molar-refractivity contribution in [3.63, 3.8) is 0 Å². The van der Waals surface area contributed by atoms with Gasteiger partial charge in [0.1, 0.15) is 17.4 Å². The van der Waals surface area contributed by atoms with Crippen LogP contribution in [0.15, 0.2) is 67.0 Å². The van der Waals surface area contributed by atoms with Crippen molar-refractivity contribution >= 4 is 29.2 Å². The fourth-order valence-corrected chi connectivity index (χ4v) is 4.15. The molecule has 1 aliphatic rings. The number of anilines is 1. The van der Waals surface area contributed by atoms with Gasteiger partial charge in [-0.25, -0.2) is 9.69 Å². The molecule has 2 heterocycles. The molecule has 3 amide bonds. The van der Waals surface area contributed by atoms with E-state index < -0.39 is 11.6 Å². The van der Waals surface area contributed by atoms with Crippen molar-refractivity contribution in [1.29, 1.82) is 5.26 Å². The van der Waals surface area contributed by atoms with E-state index in [9.17, 15) is 14.8 Å². The molecule has 1 aromatic heterocycles. The van der Waals surface area contributed by atoms with Crippen molar-refractivity contribution < 1.29 is 19.1 Å². The summed E-state index contributed by atoms with van der Waals surface area (Å²) in [5.41, 5.74) is 1.46. The highest BCUT2D eigenvalue weighted by Gasteiger charge is 2.51. The number of aromatic nitrogens is 1. The predicted octanol–water partition coefficient (Wildman–Crippen LogP) is 4.53. The Balaban J connectivity index is 1.36. The topological polar surface area (TPSA) is 101 Å². The Morgan fingerprint density at radius 3 is 2.34 bits per heavy atom. The molecule has 0 bridgehead atoms. The van der Waals surface area contributed by atoms with E-state index in [1.54, 1.807) is 32.0 Å². The highest BCUT2D eigenvalue weighted by atomic mass is 35.5. The van der Waals surface area contributed by atoms with Gasteiger partial charge in [-0.1, -0.05) is 23.7 Å². The van der Waals surface area contributed by atoms with Crippen LogP contribution >= 0.6 is 11.6 Å². The maximum absolute atomic E-state index is 13.1. The van der Waals surface area contributed by atoms with Crippen molar-refractivity contribution in [2.75, 3.05) is 18.1 Å². The minimum atomic E-state index is -1.03. The second-order valence-electron chi connectivity index (χ2n) is 8.58. The third-order valence-electron chi connectivity index (χ3n) is 5.94. The van der Waals surface area contributed by atoms with Gasteiger partial charge in [-0.15, -0.1) is 0 Å². The zero-order valence-corrected chi connectivity index (χ0v) is 20.0. The zero-order valence-electron chi connectivity index (χ0n) is 19.3. The van der Waals surface area contributed by atoms with Crippen LogP contribution in [-0.4, -0.2) is 35.5 Å². The molecule has 0 atom stereocenters. The van der Waals surface area contributed by atoms with Gasteiger partial charge in [0.2, 0.25) is 0 Å². The third-order valence-corrected chi connectivity index (χ3v) is 6.25. The van der Waals surface area contributed by atoms with E-state index in [0.29, 0.717) is 31.0 Å². The first kappa shape index (κ1) is 24.0. The molecule has 8 nitrogen and oxygen atoms in total. The minimum absolute atomic E-state index is 0.183. The first-order valence-electron chi connectivity index (χ1n) is 11.0. The SMILES string of the molecule is CC1(C)C(=O)N(c2ccc(C#N)c(Cl)c2)C(=O)N1CCCOc1ccc(-c2cc[n+]([O-])cc2)cc1. The number of amides is 3. The van der Waals surface area contributed by atoms with Crippen LogP contribution in [0.2, 0.25) is 5.02 Å². The van der Waals surface area contributed by atoms with Crippen LogP contribution in [0.3, 0.4) is 0 Å². The Hall–Kier alpha value is -4.09. The summed E-state index contributed by atoms with van der Waals surface area (Å²) in [4.78, 5) is 28.8. The second kappa shape index (κ2) is 9.65. The smallest absolute Gasteiger partial charge is 0.332 e. The maximum atomic E-state index is 13.1. The summed E-state index contributed by atoms with van der Waals surface area (Å²) in [5.74, 6) is 0.323. The van der Waals surface area contributed by atoms with Gasteiger partial charge in [0, 0.05) is 18.7 Å². The molecule has 0 unspecified atom stereocenters. The summed E-state index contributed by atoms with van der Waals surface area (Å²) >= 11 is 6.11. The van der Waals surface area contributed by atoms with Gasteiger partial charge in [0.05, 0.1) is 22.9 Å². The molecule has 178 valence electrons. The van der Waals surface area contributed by atoms with Gasteiger partial charge >= 0.3 is 6.03 Å². The van der Waals surface area contributed by atoms with E-state index in [4.69, 9.17) is 21.6 Å². The number of pyridine rings is 1. The lowest BCUT2D eigenvalue weighted by atomic mass is 10.0. The number of nitrogens with zero attached hydrogens (tertiary/aromatic N) is 4. The number of hydrogen-bond acceptors (Lipinski definition) is 5. The Morgan fingerprint density at radius 1 is 1.06 bits per heavy atom. The van der Waals surface area contributed by atoms with Crippen LogP contribution in [0.4, 0.5) is 10.5 Å². The molecular weight excluding hydrogens is 468 g/mol. The molecule has 3 aromatic rings. The molecule has 2 aromatic carbocycles. The standard InChI is InChI=1S/C26H23ClN4O4/c1-26(2)24(32)31(21-7-4-20(17-28)23(27)16-21)25(33)30(26)12-3-15-35-22-8-5-18(6-9-22)19-10-13-29(34)14-11-19/h4-11,13-14,16H,3,12,15H2,1-2H3. The van der Waals surface area contributed by atoms with Crippen molar-refractivity contribution in [3.8, 4) is 22.9 Å². The lowest BCUT2D eigenvalue weighted by Crippen LogP contribution is -2.44. The monoisotopic (exact) mass is 490 g/mol. The number of urea groups is 1. The fourth-order valence-electron chi connectivity index (χ4n) is 3.93. The van der Waals surface area contributed by atoms with Crippen LogP contribution in [0.25, 0.3) is 11.1 Å². The van der Waals surface area contributed by atoms with E-state index in [2.05, 4.69) is 0 Å². The number of nitriles is 1. The predicted molar refractivity (Wildman–Crippen MR) is 131 cm³/mol. The summed E-state index contributed by atoms with van der Waals surface area (Å²) in [5, 5.41) is 20.4. The summed E-state index contributed by atoms with van der Waals surface area (Å²) < 4.78 is 6.56. The van der Waals surface area contributed by atoms with E-state index >= 15 is 0 Å². The van der Waals surface area contributed by atoms with E-state index in [0.717, 1.165) is 20.8 Å². The molecule has 0 aliphatic carbocycles. The molecule has 1 saturated heterocycles. The summed E-state index contributed by atoms with van der Waals surface area (Å²) in [7, 11) is 0. The van der Waals surface area contributed by atoms with E-state index in [1.807, 2.05) is 30.3 Å². The summed E-state index contributed by atoms with van der Waals surface area (Å²) in [6.45, 7) is 4.10. The number of halogens is 1. The van der Waals surface area contributed by atoms with Gasteiger partial charge in [0.25, 0.3) is 5.91 Å². The normalized spacial score (nSPS) is 14.8. The quantitative estimate of drug-likeness (QED) is 0.209. The van der Waals surface area contributed by atoms with Gasteiger partial charge in [0.15, 0.2) is 12.4 Å². The van der Waals surface area contributed by atoms with Gasteiger partial charge in [-0.3, -0.25) is 4.79 Å². The number of rotatable bonds is 7. The van der Waals surface area contributed by atoms with Gasteiger partial charge in [-0.2, -0.15) is 9.99 Å². The zero-order chi connectivity index (χ0) is 25.2. The van der Waals surface area contributed by atoms with Crippen LogP contribution in [0.1, 0.15) is 25.8 Å². The van der Waals surface area contributed by atoms with Gasteiger partial charge < -0.3 is 14.8 Å². The first-order valence-corrected chi connectivity index (χ1v) is 11.4. The molecule has 0 saturated carbocycles. The van der Waals surface area contributed by atoms with Crippen molar-refractivity contribution in [3.05, 3.63) is 82.8 Å². The van der Waals surface area contributed by atoms with Crippen LogP contribution in [0, 0.1) is 16.5 Å². The first-order chi connectivity index (χ1) is 16.7. The maximum Gasteiger partial charge on any atom is 0.332 e. The number of hydrogen-bond donors (Lipinski definition) is 0. The number of carbonyl (C=O) groups excluding carboxylic acids is 2. The lowest BCUT2D eigenvalue weighted by Gasteiger charge is -2.27. The Bertz CT molecular complexity index is 1300. The molecule has 0 spiro atoms. The third kappa shape index (κ3) is 4.77. The molecule has 4 rings (SSSR count). The second-order valence-corrected chi connectivity index (χ2v) is 8.99. The largest absolute Gasteiger partial charge is 0.619 e.